The van der Waals surface area contributed by atoms with Crippen molar-refractivity contribution >= 4 is 25.7 Å². The lowest BCUT2D eigenvalue weighted by Crippen LogP contribution is -2.39. The molecule has 7 nitrogen and oxygen atoms in total. The molecule has 0 saturated heterocycles. The van der Waals surface area contributed by atoms with Gasteiger partial charge in [0.05, 0.1) is 16.3 Å². The molecule has 0 aromatic heterocycles. The van der Waals surface area contributed by atoms with Crippen molar-refractivity contribution in [3.05, 3.63) is 24.0 Å². The predicted molar refractivity (Wildman–Crippen MR) is 92.1 cm³/mol. The van der Waals surface area contributed by atoms with Gasteiger partial charge in [-0.3, -0.25) is 4.72 Å². The highest BCUT2D eigenvalue weighted by atomic mass is 32.2. The molecule has 0 saturated carbocycles. The largest absolute Gasteiger partial charge is 0.330 e. The van der Waals surface area contributed by atoms with Crippen LogP contribution in [0.2, 0.25) is 0 Å². The number of hydrogen-bond donors (Lipinski definition) is 2. The van der Waals surface area contributed by atoms with Crippen LogP contribution in [0.25, 0.3) is 0 Å². The van der Waals surface area contributed by atoms with Gasteiger partial charge in [-0.15, -0.1) is 0 Å². The number of nitrogens with one attached hydrogen (secondary N) is 1. The van der Waals surface area contributed by atoms with E-state index in [4.69, 9.17) is 5.73 Å². The first-order valence-electron chi connectivity index (χ1n) is 7.31. The summed E-state index contributed by atoms with van der Waals surface area (Å²) in [6, 6.07) is 3.06. The Bertz CT molecular complexity index is 792. The maximum Gasteiger partial charge on any atom is 0.242 e. The van der Waals surface area contributed by atoms with Crippen LogP contribution in [0.4, 0.5) is 10.1 Å². The van der Waals surface area contributed by atoms with Gasteiger partial charge in [-0.1, -0.05) is 13.8 Å². The molecule has 10 heteroatoms. The molecule has 0 atom stereocenters. The molecule has 138 valence electrons. The van der Waals surface area contributed by atoms with Crippen molar-refractivity contribution in [3.63, 3.8) is 0 Å². The third-order valence-electron chi connectivity index (χ3n) is 3.50. The van der Waals surface area contributed by atoms with Gasteiger partial charge >= 0.3 is 0 Å². The van der Waals surface area contributed by atoms with Crippen molar-refractivity contribution in [2.45, 2.75) is 25.7 Å². The Morgan fingerprint density at radius 2 is 1.83 bits per heavy atom. The normalized spacial score (nSPS) is 13.3. The van der Waals surface area contributed by atoms with E-state index >= 15 is 0 Å². The van der Waals surface area contributed by atoms with E-state index in [0.717, 1.165) is 22.5 Å². The first-order valence-corrected chi connectivity index (χ1v) is 10.4. The van der Waals surface area contributed by atoms with E-state index in [0.29, 0.717) is 6.54 Å². The molecule has 1 aromatic carbocycles. The van der Waals surface area contributed by atoms with E-state index in [-0.39, 0.29) is 22.9 Å². The molecule has 0 aliphatic heterocycles. The Balaban J connectivity index is 3.12. The molecular formula is C14H24FN3O4S2. The lowest BCUT2D eigenvalue weighted by Gasteiger charge is -2.28. The van der Waals surface area contributed by atoms with Crippen molar-refractivity contribution in [1.82, 2.24) is 4.31 Å². The van der Waals surface area contributed by atoms with Crippen LogP contribution in [0.15, 0.2) is 23.1 Å². The average molecular weight is 381 g/mol. The summed E-state index contributed by atoms with van der Waals surface area (Å²) in [7, 11) is -6.17. The number of sulfonamides is 2. The number of hydrogen-bond acceptors (Lipinski definition) is 5. The minimum absolute atomic E-state index is 0.164. The van der Waals surface area contributed by atoms with Gasteiger partial charge in [0.25, 0.3) is 0 Å². The van der Waals surface area contributed by atoms with E-state index in [9.17, 15) is 21.2 Å². The first kappa shape index (κ1) is 20.8. The smallest absolute Gasteiger partial charge is 0.242 e. The molecule has 0 amide bonds. The third kappa shape index (κ3) is 5.13. The number of benzene rings is 1. The highest BCUT2D eigenvalue weighted by molar-refractivity contribution is 7.92. The molecule has 1 aromatic rings. The molecule has 1 rings (SSSR count). The van der Waals surface area contributed by atoms with E-state index in [1.165, 1.54) is 14.0 Å². The van der Waals surface area contributed by atoms with Crippen molar-refractivity contribution in [2.24, 2.45) is 11.1 Å². The molecule has 24 heavy (non-hydrogen) atoms. The second-order valence-electron chi connectivity index (χ2n) is 6.28. The van der Waals surface area contributed by atoms with Crippen molar-refractivity contribution < 1.29 is 21.2 Å². The third-order valence-corrected chi connectivity index (χ3v) is 6.59. The average Bonchev–Trinajstić information content (AvgIpc) is 2.48. The summed E-state index contributed by atoms with van der Waals surface area (Å²) in [6.07, 6.45) is 0. The maximum absolute atomic E-state index is 14.1. The Morgan fingerprint density at radius 3 is 2.29 bits per heavy atom. The molecule has 0 unspecified atom stereocenters. The SMILES string of the molecule is CCS(=O)(=O)Nc1ccc(S(=O)(=O)N(C)CC(C)(C)CN)cc1F. The summed E-state index contributed by atoms with van der Waals surface area (Å²) in [5.74, 6) is -1.18. The summed E-state index contributed by atoms with van der Waals surface area (Å²) in [5, 5.41) is 0. The van der Waals surface area contributed by atoms with Gasteiger partial charge in [0.1, 0.15) is 5.82 Å². The molecule has 3 N–H and O–H groups in total. The quantitative estimate of drug-likeness (QED) is 0.703. The molecule has 0 aliphatic rings. The highest BCUT2D eigenvalue weighted by Gasteiger charge is 2.28. The second kappa shape index (κ2) is 7.34. The van der Waals surface area contributed by atoms with Crippen LogP contribution in [-0.4, -0.2) is 47.0 Å². The van der Waals surface area contributed by atoms with Crippen LogP contribution in [0, 0.1) is 11.2 Å². The maximum atomic E-state index is 14.1. The van der Waals surface area contributed by atoms with E-state index in [1.807, 2.05) is 13.8 Å². The number of halogens is 1. The van der Waals surface area contributed by atoms with E-state index in [2.05, 4.69) is 4.72 Å². The summed E-state index contributed by atoms with van der Waals surface area (Å²) in [4.78, 5) is -0.255. The fourth-order valence-electron chi connectivity index (χ4n) is 1.91. The fourth-order valence-corrected chi connectivity index (χ4v) is 3.93. The molecule has 0 radical (unpaired) electrons. The van der Waals surface area contributed by atoms with Gasteiger partial charge in [-0.05, 0) is 37.1 Å². The van der Waals surface area contributed by atoms with Crippen LogP contribution < -0.4 is 10.5 Å². The van der Waals surface area contributed by atoms with Gasteiger partial charge in [-0.2, -0.15) is 0 Å². The van der Waals surface area contributed by atoms with Crippen LogP contribution in [0.1, 0.15) is 20.8 Å². The summed E-state index contributed by atoms with van der Waals surface area (Å²) < 4.78 is 65.2. The number of nitrogens with zero attached hydrogens (tertiary/aromatic N) is 1. The second-order valence-corrected chi connectivity index (χ2v) is 10.3. The predicted octanol–water partition coefficient (Wildman–Crippen LogP) is 1.19. The number of nitrogens with two attached hydrogens (primary N) is 1. The Morgan fingerprint density at radius 1 is 1.25 bits per heavy atom. The standard InChI is InChI=1S/C14H24FN3O4S2/c1-5-23(19,20)17-13-7-6-11(8-12(13)15)24(21,22)18(4)10-14(2,3)9-16/h6-8,17H,5,9-10,16H2,1-4H3. The summed E-state index contributed by atoms with van der Waals surface area (Å²) >= 11 is 0. The van der Waals surface area contributed by atoms with Crippen LogP contribution >= 0.6 is 0 Å². The number of anilines is 1. The first-order chi connectivity index (χ1) is 10.8. The van der Waals surface area contributed by atoms with Gasteiger partial charge < -0.3 is 5.73 Å². The lowest BCUT2D eigenvalue weighted by molar-refractivity contribution is 0.292. The topological polar surface area (TPSA) is 110 Å². The zero-order chi connectivity index (χ0) is 18.8. The zero-order valence-corrected chi connectivity index (χ0v) is 15.8. The van der Waals surface area contributed by atoms with Gasteiger partial charge in [-0.25, -0.2) is 25.5 Å². The zero-order valence-electron chi connectivity index (χ0n) is 14.2. The summed E-state index contributed by atoms with van der Waals surface area (Å²) in [5.41, 5.74) is 4.88. The fraction of sp³-hybridized carbons (Fsp3) is 0.571. The number of rotatable bonds is 8. The Labute approximate surface area is 143 Å². The Hall–Kier alpha value is -1.23. The summed E-state index contributed by atoms with van der Waals surface area (Å²) in [6.45, 7) is 5.51. The van der Waals surface area contributed by atoms with Crippen LogP contribution in [0.3, 0.4) is 0 Å². The van der Waals surface area contributed by atoms with Crippen molar-refractivity contribution in [2.75, 3.05) is 30.6 Å². The Kier molecular flexibility index (Phi) is 6.37. The van der Waals surface area contributed by atoms with Gasteiger partial charge in [0, 0.05) is 13.6 Å². The molecule has 0 fully saturated rings. The molecule has 0 heterocycles. The van der Waals surface area contributed by atoms with Crippen molar-refractivity contribution in [1.29, 1.82) is 0 Å². The highest BCUT2D eigenvalue weighted by Crippen LogP contribution is 2.24. The molecular weight excluding hydrogens is 357 g/mol. The van der Waals surface area contributed by atoms with E-state index < -0.39 is 31.3 Å². The molecule has 0 aliphatic carbocycles. The van der Waals surface area contributed by atoms with Gasteiger partial charge in [0.15, 0.2) is 0 Å². The van der Waals surface area contributed by atoms with Crippen LogP contribution in [-0.2, 0) is 20.0 Å². The van der Waals surface area contributed by atoms with Gasteiger partial charge in [0.2, 0.25) is 20.0 Å². The minimum Gasteiger partial charge on any atom is -0.330 e. The van der Waals surface area contributed by atoms with Crippen LogP contribution in [0.5, 0.6) is 0 Å². The van der Waals surface area contributed by atoms with Crippen molar-refractivity contribution in [3.8, 4) is 0 Å². The molecule has 0 spiro atoms. The minimum atomic E-state index is -3.91. The lowest BCUT2D eigenvalue weighted by atomic mass is 9.94. The monoisotopic (exact) mass is 381 g/mol. The molecule has 0 bridgehead atoms. The van der Waals surface area contributed by atoms with E-state index in [1.54, 1.807) is 0 Å².